The molecule has 1 saturated heterocycles. The number of ether oxygens (including phenoxy) is 1. The van der Waals surface area contributed by atoms with Crippen LogP contribution in [0.15, 0.2) is 24.3 Å². The van der Waals surface area contributed by atoms with Gasteiger partial charge in [-0.25, -0.2) is 0 Å². The lowest BCUT2D eigenvalue weighted by Gasteiger charge is -2.18. The lowest BCUT2D eigenvalue weighted by molar-refractivity contribution is 0.0480. The second-order valence-electron chi connectivity index (χ2n) is 6.38. The van der Waals surface area contributed by atoms with Crippen molar-refractivity contribution in [1.82, 2.24) is 4.90 Å². The third-order valence-electron chi connectivity index (χ3n) is 4.31. The zero-order chi connectivity index (χ0) is 14.8. The average Bonchev–Trinajstić information content (AvgIpc) is 3.21. The Morgan fingerprint density at radius 3 is 2.86 bits per heavy atom. The van der Waals surface area contributed by atoms with E-state index in [1.165, 1.54) is 12.8 Å². The summed E-state index contributed by atoms with van der Waals surface area (Å²) in [7, 11) is 3.97. The van der Waals surface area contributed by atoms with Gasteiger partial charge in [0.2, 0.25) is 0 Å². The Labute approximate surface area is 126 Å². The third-order valence-corrected chi connectivity index (χ3v) is 4.31. The van der Waals surface area contributed by atoms with Crippen LogP contribution in [0, 0.1) is 5.92 Å². The van der Waals surface area contributed by atoms with E-state index in [2.05, 4.69) is 0 Å². The van der Waals surface area contributed by atoms with Crippen molar-refractivity contribution in [2.24, 2.45) is 5.92 Å². The summed E-state index contributed by atoms with van der Waals surface area (Å²) in [5.41, 5.74) is 1.82. The Morgan fingerprint density at radius 1 is 1.33 bits per heavy atom. The predicted molar refractivity (Wildman–Crippen MR) is 83.8 cm³/mol. The van der Waals surface area contributed by atoms with Gasteiger partial charge in [-0.2, -0.15) is 0 Å². The van der Waals surface area contributed by atoms with Gasteiger partial charge in [-0.15, -0.1) is 0 Å². The molecule has 0 N–H and O–H groups in total. The maximum atomic E-state index is 12.6. The molecule has 0 aromatic heterocycles. The Balaban J connectivity index is 1.58. The van der Waals surface area contributed by atoms with Crippen LogP contribution in [-0.2, 0) is 4.74 Å². The summed E-state index contributed by atoms with van der Waals surface area (Å²) in [6.45, 7) is 2.42. The van der Waals surface area contributed by atoms with E-state index in [0.29, 0.717) is 0 Å². The number of likely N-dealkylation sites (tertiary alicyclic amines) is 1. The van der Waals surface area contributed by atoms with Crippen molar-refractivity contribution >= 4 is 11.6 Å². The van der Waals surface area contributed by atoms with Crippen LogP contribution in [0.2, 0.25) is 0 Å². The topological polar surface area (TPSA) is 32.8 Å². The first-order valence-corrected chi connectivity index (χ1v) is 7.82. The van der Waals surface area contributed by atoms with Gasteiger partial charge < -0.3 is 14.5 Å². The smallest absolute Gasteiger partial charge is 0.254 e. The molecule has 1 heterocycles. The number of nitrogens with zero attached hydrogens (tertiary/aromatic N) is 2. The molecule has 114 valence electrons. The molecule has 1 atom stereocenters. The van der Waals surface area contributed by atoms with Crippen LogP contribution in [0.5, 0.6) is 0 Å². The Hall–Kier alpha value is -1.55. The summed E-state index contributed by atoms with van der Waals surface area (Å²) in [5, 5.41) is 0. The molecule has 1 saturated carbocycles. The number of anilines is 1. The molecule has 0 unspecified atom stereocenters. The number of carbonyl (C=O) groups excluding carboxylic acids is 1. The van der Waals surface area contributed by atoms with Crippen molar-refractivity contribution in [2.45, 2.75) is 25.4 Å². The van der Waals surface area contributed by atoms with Crippen molar-refractivity contribution < 1.29 is 9.53 Å². The number of benzene rings is 1. The van der Waals surface area contributed by atoms with Gasteiger partial charge in [0, 0.05) is 45.0 Å². The van der Waals surface area contributed by atoms with E-state index in [0.717, 1.165) is 43.3 Å². The monoisotopic (exact) mass is 288 g/mol. The molecule has 4 nitrogen and oxygen atoms in total. The lowest BCUT2D eigenvalue weighted by Crippen LogP contribution is -2.30. The molecule has 0 radical (unpaired) electrons. The molecule has 2 aliphatic rings. The molecule has 3 rings (SSSR count). The molecule has 4 heteroatoms. The lowest BCUT2D eigenvalue weighted by atomic mass is 10.1. The van der Waals surface area contributed by atoms with Crippen LogP contribution in [-0.4, -0.2) is 50.7 Å². The fourth-order valence-corrected chi connectivity index (χ4v) is 2.71. The first-order chi connectivity index (χ1) is 10.1. The summed E-state index contributed by atoms with van der Waals surface area (Å²) in [6, 6.07) is 7.82. The third kappa shape index (κ3) is 3.56. The van der Waals surface area contributed by atoms with E-state index in [1.54, 1.807) is 0 Å². The fourth-order valence-electron chi connectivity index (χ4n) is 2.71. The highest BCUT2D eigenvalue weighted by Gasteiger charge is 2.29. The minimum absolute atomic E-state index is 0.122. The molecule has 1 amide bonds. The average molecular weight is 288 g/mol. The minimum atomic E-state index is 0.122. The maximum Gasteiger partial charge on any atom is 0.254 e. The summed E-state index contributed by atoms with van der Waals surface area (Å²) >= 11 is 0. The summed E-state index contributed by atoms with van der Waals surface area (Å²) < 4.78 is 5.90. The zero-order valence-electron chi connectivity index (χ0n) is 12.9. The largest absolute Gasteiger partial charge is 0.378 e. The highest BCUT2D eigenvalue weighted by molar-refractivity contribution is 5.95. The molecule has 0 bridgehead atoms. The van der Waals surface area contributed by atoms with Crippen LogP contribution >= 0.6 is 0 Å². The highest BCUT2D eigenvalue weighted by Crippen LogP contribution is 2.30. The zero-order valence-corrected chi connectivity index (χ0v) is 12.9. The van der Waals surface area contributed by atoms with Crippen molar-refractivity contribution in [2.75, 3.05) is 38.7 Å². The van der Waals surface area contributed by atoms with Crippen LogP contribution in [0.4, 0.5) is 5.69 Å². The summed E-state index contributed by atoms with van der Waals surface area (Å²) in [5.74, 6) is 0.905. The standard InChI is InChI=1S/C17H24N2O2/c1-18(2)15-5-3-4-14(10-15)17(20)19-9-8-16(11-19)21-12-13-6-7-13/h3-5,10,13,16H,6-9,11-12H2,1-2H3/t16-/m1/s1. The van der Waals surface area contributed by atoms with E-state index >= 15 is 0 Å². The van der Waals surface area contributed by atoms with Crippen LogP contribution in [0.1, 0.15) is 29.6 Å². The molecule has 0 spiro atoms. The highest BCUT2D eigenvalue weighted by atomic mass is 16.5. The van der Waals surface area contributed by atoms with Crippen molar-refractivity contribution in [3.63, 3.8) is 0 Å². The number of hydrogen-bond acceptors (Lipinski definition) is 3. The molecule has 1 aromatic carbocycles. The molecular formula is C17H24N2O2. The van der Waals surface area contributed by atoms with Gasteiger partial charge in [0.05, 0.1) is 6.10 Å². The van der Waals surface area contributed by atoms with Gasteiger partial charge in [-0.3, -0.25) is 4.79 Å². The molecular weight excluding hydrogens is 264 g/mol. The van der Waals surface area contributed by atoms with Crippen LogP contribution in [0.3, 0.4) is 0 Å². The van der Waals surface area contributed by atoms with Gasteiger partial charge in [0.1, 0.15) is 0 Å². The summed E-state index contributed by atoms with van der Waals surface area (Å²) in [6.07, 6.45) is 3.82. The SMILES string of the molecule is CN(C)c1cccc(C(=O)N2CC[C@@H](OCC3CC3)C2)c1. The first-order valence-electron chi connectivity index (χ1n) is 7.82. The van der Waals surface area contributed by atoms with Crippen molar-refractivity contribution in [3.05, 3.63) is 29.8 Å². The maximum absolute atomic E-state index is 12.6. The van der Waals surface area contributed by atoms with E-state index in [-0.39, 0.29) is 12.0 Å². The van der Waals surface area contributed by atoms with Gasteiger partial charge in [0.15, 0.2) is 0 Å². The normalized spacial score (nSPS) is 21.6. The van der Waals surface area contributed by atoms with E-state index < -0.39 is 0 Å². The first kappa shape index (κ1) is 14.4. The number of carbonyl (C=O) groups is 1. The summed E-state index contributed by atoms with van der Waals surface area (Å²) in [4.78, 5) is 16.5. The molecule has 2 fully saturated rings. The number of rotatable bonds is 5. The second-order valence-corrected chi connectivity index (χ2v) is 6.38. The van der Waals surface area contributed by atoms with Crippen molar-refractivity contribution in [3.8, 4) is 0 Å². The van der Waals surface area contributed by atoms with Crippen molar-refractivity contribution in [1.29, 1.82) is 0 Å². The number of amides is 1. The van der Waals surface area contributed by atoms with E-state index in [4.69, 9.17) is 4.74 Å². The molecule has 1 aliphatic carbocycles. The fraction of sp³-hybridized carbons (Fsp3) is 0.588. The quantitative estimate of drug-likeness (QED) is 0.834. The Morgan fingerprint density at radius 2 is 2.14 bits per heavy atom. The molecule has 1 aromatic rings. The van der Waals surface area contributed by atoms with Gasteiger partial charge in [0.25, 0.3) is 5.91 Å². The van der Waals surface area contributed by atoms with E-state index in [9.17, 15) is 4.79 Å². The molecule has 1 aliphatic heterocycles. The van der Waals surface area contributed by atoms with Gasteiger partial charge in [-0.05, 0) is 43.4 Å². The Kier molecular flexibility index (Phi) is 4.15. The predicted octanol–water partition coefficient (Wildman–Crippen LogP) is 2.39. The Bertz CT molecular complexity index is 511. The van der Waals surface area contributed by atoms with E-state index in [1.807, 2.05) is 48.2 Å². The van der Waals surface area contributed by atoms with Crippen LogP contribution < -0.4 is 4.90 Å². The minimum Gasteiger partial charge on any atom is -0.378 e. The number of hydrogen-bond donors (Lipinski definition) is 0. The van der Waals surface area contributed by atoms with Gasteiger partial charge >= 0.3 is 0 Å². The van der Waals surface area contributed by atoms with Crippen LogP contribution in [0.25, 0.3) is 0 Å². The molecule has 21 heavy (non-hydrogen) atoms. The second kappa shape index (κ2) is 6.06. The van der Waals surface area contributed by atoms with Gasteiger partial charge in [-0.1, -0.05) is 6.07 Å².